The van der Waals surface area contributed by atoms with Crippen molar-refractivity contribution in [2.45, 2.75) is 43.2 Å². The van der Waals surface area contributed by atoms with Crippen LogP contribution in [0.15, 0.2) is 78.9 Å². The van der Waals surface area contributed by atoms with Gasteiger partial charge in [-0.1, -0.05) is 72.8 Å². The van der Waals surface area contributed by atoms with E-state index in [2.05, 4.69) is 33.7 Å². The number of fused-ring (bicyclic) bond motifs is 1. The summed E-state index contributed by atoms with van der Waals surface area (Å²) >= 11 is 0. The highest BCUT2D eigenvalue weighted by atomic mass is 16.2. The molecule has 0 radical (unpaired) electrons. The average molecular weight is 428 g/mol. The Hall–Kier alpha value is -3.34. The molecule has 0 saturated heterocycles. The van der Waals surface area contributed by atoms with Crippen LogP contribution >= 0.6 is 0 Å². The number of hydrogen-bond acceptors (Lipinski definition) is 3. The summed E-state index contributed by atoms with van der Waals surface area (Å²) in [6.45, 7) is 1.29. The summed E-state index contributed by atoms with van der Waals surface area (Å²) < 4.78 is 0. The van der Waals surface area contributed by atoms with Crippen LogP contribution in [0.25, 0.3) is 0 Å². The maximum Gasteiger partial charge on any atom is 0.239 e. The Labute approximate surface area is 189 Å². The third-order valence-corrected chi connectivity index (χ3v) is 6.81. The maximum atomic E-state index is 12.7. The van der Waals surface area contributed by atoms with Crippen LogP contribution in [0.1, 0.15) is 30.4 Å². The third-order valence-electron chi connectivity index (χ3n) is 6.81. The molecule has 0 unspecified atom stereocenters. The van der Waals surface area contributed by atoms with Gasteiger partial charge in [0.05, 0.1) is 13.0 Å². The summed E-state index contributed by atoms with van der Waals surface area (Å²) in [5, 5.41) is 6.47. The molecule has 5 nitrogen and oxygen atoms in total. The first-order valence-electron chi connectivity index (χ1n) is 11.4. The van der Waals surface area contributed by atoms with Crippen molar-refractivity contribution >= 4 is 17.5 Å². The number of anilines is 1. The quantitative estimate of drug-likeness (QED) is 0.744. The second-order valence-electron chi connectivity index (χ2n) is 9.42. The Morgan fingerprint density at radius 2 is 1.31 bits per heavy atom. The third kappa shape index (κ3) is 4.20. The second kappa shape index (κ2) is 8.30. The van der Waals surface area contributed by atoms with Crippen LogP contribution < -0.4 is 15.5 Å². The molecule has 1 aliphatic heterocycles. The molecule has 2 bridgehead atoms. The van der Waals surface area contributed by atoms with E-state index in [1.54, 1.807) is 0 Å². The van der Waals surface area contributed by atoms with Crippen molar-refractivity contribution in [3.05, 3.63) is 90.0 Å². The lowest BCUT2D eigenvalue weighted by Crippen LogP contribution is -2.84. The fourth-order valence-electron chi connectivity index (χ4n) is 5.51. The van der Waals surface area contributed by atoms with E-state index in [1.165, 1.54) is 11.3 Å². The molecule has 5 heteroatoms. The largest absolute Gasteiger partial charge is 0.362 e. The van der Waals surface area contributed by atoms with E-state index in [9.17, 15) is 9.59 Å². The van der Waals surface area contributed by atoms with Crippen molar-refractivity contribution in [1.29, 1.82) is 0 Å². The molecule has 0 atom stereocenters. The summed E-state index contributed by atoms with van der Waals surface area (Å²) in [4.78, 5) is 27.5. The molecule has 2 amide bonds. The molecule has 3 saturated carbocycles. The van der Waals surface area contributed by atoms with Crippen LogP contribution in [0.5, 0.6) is 0 Å². The van der Waals surface area contributed by atoms with E-state index < -0.39 is 0 Å². The summed E-state index contributed by atoms with van der Waals surface area (Å²) in [6, 6.07) is 25.9. The van der Waals surface area contributed by atoms with E-state index in [0.29, 0.717) is 13.0 Å². The fraction of sp³-hybridized carbons (Fsp3) is 0.333. The Morgan fingerprint density at radius 3 is 2.00 bits per heavy atom. The minimum atomic E-state index is -0.136. The summed E-state index contributed by atoms with van der Waals surface area (Å²) in [5.74, 6) is 0.117. The molecule has 32 heavy (non-hydrogen) atoms. The topological polar surface area (TPSA) is 61.4 Å². The number of para-hydroxylation sites is 1. The van der Waals surface area contributed by atoms with Crippen molar-refractivity contribution < 1.29 is 9.59 Å². The average Bonchev–Trinajstić information content (AvgIpc) is 3.13. The van der Waals surface area contributed by atoms with Gasteiger partial charge in [0.15, 0.2) is 0 Å². The highest BCUT2D eigenvalue weighted by molar-refractivity contribution is 5.84. The lowest BCUT2D eigenvalue weighted by atomic mass is 9.44. The molecule has 2 aromatic rings. The van der Waals surface area contributed by atoms with Crippen molar-refractivity contribution in [2.24, 2.45) is 0 Å². The Morgan fingerprint density at radius 1 is 0.750 bits per heavy atom. The van der Waals surface area contributed by atoms with E-state index in [0.717, 1.165) is 37.8 Å². The van der Waals surface area contributed by atoms with Gasteiger partial charge in [-0.3, -0.25) is 9.59 Å². The summed E-state index contributed by atoms with van der Waals surface area (Å²) in [5.41, 5.74) is 3.20. The van der Waals surface area contributed by atoms with Gasteiger partial charge in [0.1, 0.15) is 0 Å². The minimum absolute atomic E-state index is 0.0409. The van der Waals surface area contributed by atoms with Gasteiger partial charge in [-0.25, -0.2) is 0 Å². The van der Waals surface area contributed by atoms with E-state index in [4.69, 9.17) is 0 Å². The number of nitrogens with zero attached hydrogens (tertiary/aromatic N) is 1. The smallest absolute Gasteiger partial charge is 0.239 e. The zero-order chi connectivity index (χ0) is 22.0. The monoisotopic (exact) mass is 427 g/mol. The number of nitrogens with one attached hydrogen (secondary N) is 2. The van der Waals surface area contributed by atoms with E-state index >= 15 is 0 Å². The Kier molecular flexibility index (Phi) is 5.33. The van der Waals surface area contributed by atoms with Crippen LogP contribution in [0, 0.1) is 0 Å². The molecular formula is C27H29N3O2. The van der Waals surface area contributed by atoms with Crippen molar-refractivity contribution in [2.75, 3.05) is 18.0 Å². The van der Waals surface area contributed by atoms with Gasteiger partial charge in [0.25, 0.3) is 0 Å². The molecule has 0 aromatic heterocycles. The molecule has 1 heterocycles. The highest BCUT2D eigenvalue weighted by Gasteiger charge is 2.69. The predicted molar refractivity (Wildman–Crippen MR) is 126 cm³/mol. The van der Waals surface area contributed by atoms with Crippen LogP contribution in [0.4, 0.5) is 5.69 Å². The van der Waals surface area contributed by atoms with E-state index in [1.807, 2.05) is 60.7 Å². The van der Waals surface area contributed by atoms with Crippen molar-refractivity contribution in [1.82, 2.24) is 10.6 Å². The fourth-order valence-corrected chi connectivity index (χ4v) is 5.51. The summed E-state index contributed by atoms with van der Waals surface area (Å²) in [7, 11) is 0. The van der Waals surface area contributed by atoms with Crippen LogP contribution in [0.2, 0.25) is 0 Å². The second-order valence-corrected chi connectivity index (χ2v) is 9.42. The molecule has 2 N–H and O–H groups in total. The molecule has 2 aromatic carbocycles. The van der Waals surface area contributed by atoms with Gasteiger partial charge in [0, 0.05) is 23.3 Å². The lowest BCUT2D eigenvalue weighted by Gasteiger charge is -2.70. The highest BCUT2D eigenvalue weighted by Crippen LogP contribution is 2.60. The zero-order valence-corrected chi connectivity index (χ0v) is 18.2. The standard InChI is InChI=1S/C27H29N3O2/c31-24(16-21-10-6-4-2-1-3-5-7-11-21)28-26-18-27(19-26,20-26)29-25(32)17-30-15-14-22-12-8-9-13-23(22)30/h1-13H,14-20H2,(H,28,31)(H,29,32). The van der Waals surface area contributed by atoms with Crippen LogP contribution in [0.3, 0.4) is 0 Å². The molecule has 0 spiro atoms. The Bertz CT molecular complexity index is 1050. The van der Waals surface area contributed by atoms with Gasteiger partial charge < -0.3 is 15.5 Å². The molecule has 3 fully saturated rings. The van der Waals surface area contributed by atoms with Gasteiger partial charge in [0.2, 0.25) is 11.8 Å². The normalized spacial score (nSPS) is 24.3. The maximum absolute atomic E-state index is 12.7. The van der Waals surface area contributed by atoms with Crippen molar-refractivity contribution in [3.8, 4) is 0 Å². The minimum Gasteiger partial charge on any atom is -0.362 e. The number of rotatable bonds is 6. The molecule has 3 aliphatic carbocycles. The van der Waals surface area contributed by atoms with Crippen LogP contribution in [-0.4, -0.2) is 36.0 Å². The number of carbonyl (C=O) groups is 2. The van der Waals surface area contributed by atoms with E-state index in [-0.39, 0.29) is 22.9 Å². The molecule has 164 valence electrons. The molecule has 6 rings (SSSR count). The van der Waals surface area contributed by atoms with Crippen LogP contribution in [-0.2, 0) is 22.4 Å². The Balaban J connectivity index is 1.11. The number of hydrogen-bond donors (Lipinski definition) is 2. The first-order chi connectivity index (χ1) is 15.5. The van der Waals surface area contributed by atoms with Gasteiger partial charge in [-0.2, -0.15) is 0 Å². The van der Waals surface area contributed by atoms with Gasteiger partial charge in [-0.05, 0) is 42.9 Å². The first-order valence-corrected chi connectivity index (χ1v) is 11.4. The van der Waals surface area contributed by atoms with Gasteiger partial charge >= 0.3 is 0 Å². The lowest BCUT2D eigenvalue weighted by molar-refractivity contribution is -0.148. The first kappa shape index (κ1) is 20.6. The number of benzene rings is 1. The SMILES string of the molecule is O=C(Cc1ccccccccc1)NC12CC(NC(=O)CN3CCc4ccccc43)(C1)C2. The van der Waals surface area contributed by atoms with Gasteiger partial charge in [-0.15, -0.1) is 0 Å². The predicted octanol–water partition coefficient (Wildman–Crippen LogP) is 3.32. The zero-order valence-electron chi connectivity index (χ0n) is 18.2. The molecular weight excluding hydrogens is 398 g/mol. The number of carbonyl (C=O) groups excluding carboxylic acids is 2. The summed E-state index contributed by atoms with van der Waals surface area (Å²) in [6.07, 6.45) is 3.84. The number of amides is 2. The van der Waals surface area contributed by atoms with Crippen molar-refractivity contribution in [3.63, 3.8) is 0 Å². The molecule has 4 aliphatic rings.